The van der Waals surface area contributed by atoms with E-state index in [4.69, 9.17) is 19.8 Å². The maximum atomic E-state index is 12.7. The van der Waals surface area contributed by atoms with Gasteiger partial charge in [-0.3, -0.25) is 14.8 Å². The lowest BCUT2D eigenvalue weighted by atomic mass is 9.78. The number of rotatable bonds is 11. The molecule has 0 amide bonds. The number of aliphatic carboxylic acids is 1. The van der Waals surface area contributed by atoms with Crippen molar-refractivity contribution in [3.63, 3.8) is 0 Å². The SMILES string of the molecule is O=C(O)C1CCC(O)CC1C(=O)OC1CCC(SC2CCC(OOCC3CC(O)CCC3COO)CC2)CC1. The molecule has 0 aromatic rings. The number of aliphatic hydroxyl groups is 2. The summed E-state index contributed by atoms with van der Waals surface area (Å²) in [5.74, 6) is -2.71. The molecule has 4 rings (SSSR count). The van der Waals surface area contributed by atoms with Crippen molar-refractivity contribution in [3.8, 4) is 0 Å². The van der Waals surface area contributed by atoms with Crippen LogP contribution >= 0.6 is 11.8 Å². The van der Waals surface area contributed by atoms with Crippen molar-refractivity contribution in [2.75, 3.05) is 13.2 Å². The van der Waals surface area contributed by atoms with Gasteiger partial charge in [0.1, 0.15) is 6.10 Å². The Kier molecular flexibility index (Phi) is 12.2. The average molecular weight is 575 g/mol. The van der Waals surface area contributed by atoms with E-state index < -0.39 is 29.9 Å². The van der Waals surface area contributed by atoms with Crippen LogP contribution in [0.4, 0.5) is 0 Å². The van der Waals surface area contributed by atoms with E-state index in [0.29, 0.717) is 36.4 Å². The third-order valence-corrected chi connectivity index (χ3v) is 11.0. The second-order valence-electron chi connectivity index (χ2n) is 12.1. The van der Waals surface area contributed by atoms with Gasteiger partial charge in [-0.1, -0.05) is 0 Å². The number of thioether (sulfide) groups is 1. The summed E-state index contributed by atoms with van der Waals surface area (Å²) in [7, 11) is 0. The van der Waals surface area contributed by atoms with Crippen LogP contribution in [0.25, 0.3) is 0 Å². The zero-order valence-electron chi connectivity index (χ0n) is 22.7. The molecule has 10 nitrogen and oxygen atoms in total. The van der Waals surface area contributed by atoms with Crippen molar-refractivity contribution in [2.45, 2.75) is 125 Å². The summed E-state index contributed by atoms with van der Waals surface area (Å²) in [5.41, 5.74) is 0. The Morgan fingerprint density at radius 2 is 1.31 bits per heavy atom. The average Bonchev–Trinajstić information content (AvgIpc) is 2.92. The van der Waals surface area contributed by atoms with Gasteiger partial charge in [0, 0.05) is 10.5 Å². The highest BCUT2D eigenvalue weighted by molar-refractivity contribution is 8.00. The van der Waals surface area contributed by atoms with Gasteiger partial charge in [0.05, 0.1) is 43.4 Å². The van der Waals surface area contributed by atoms with E-state index in [9.17, 15) is 24.9 Å². The van der Waals surface area contributed by atoms with Gasteiger partial charge in [0.2, 0.25) is 0 Å². The van der Waals surface area contributed by atoms with Crippen molar-refractivity contribution >= 4 is 23.7 Å². The van der Waals surface area contributed by atoms with Gasteiger partial charge < -0.3 is 20.1 Å². The predicted octanol–water partition coefficient (Wildman–Crippen LogP) is 3.96. The first kappa shape index (κ1) is 31.0. The van der Waals surface area contributed by atoms with Gasteiger partial charge in [-0.2, -0.15) is 11.8 Å². The Balaban J connectivity index is 1.10. The molecule has 4 aliphatic rings. The summed E-state index contributed by atoms with van der Waals surface area (Å²) in [6.45, 7) is 0.648. The number of esters is 1. The van der Waals surface area contributed by atoms with E-state index in [0.717, 1.165) is 64.2 Å². The minimum atomic E-state index is -0.985. The Bertz CT molecular complexity index is 767. The number of aliphatic hydroxyl groups excluding tert-OH is 2. The molecule has 39 heavy (non-hydrogen) atoms. The van der Waals surface area contributed by atoms with Crippen LogP contribution in [-0.2, 0) is 29.0 Å². The van der Waals surface area contributed by atoms with Gasteiger partial charge in [-0.05, 0) is 102 Å². The molecule has 4 saturated carbocycles. The monoisotopic (exact) mass is 574 g/mol. The van der Waals surface area contributed by atoms with Crippen LogP contribution in [0.5, 0.6) is 0 Å². The second kappa shape index (κ2) is 15.3. The molecular weight excluding hydrogens is 528 g/mol. The highest BCUT2D eigenvalue weighted by Crippen LogP contribution is 2.39. The number of hydrogen-bond donors (Lipinski definition) is 4. The van der Waals surface area contributed by atoms with Crippen molar-refractivity contribution in [3.05, 3.63) is 0 Å². The Morgan fingerprint density at radius 3 is 1.95 bits per heavy atom. The van der Waals surface area contributed by atoms with Gasteiger partial charge in [0.15, 0.2) is 0 Å². The second-order valence-corrected chi connectivity index (χ2v) is 13.7. The minimum absolute atomic E-state index is 0.0750. The summed E-state index contributed by atoms with van der Waals surface area (Å²) < 4.78 is 5.73. The molecule has 4 fully saturated rings. The van der Waals surface area contributed by atoms with Gasteiger partial charge in [-0.15, -0.1) is 0 Å². The van der Waals surface area contributed by atoms with Crippen LogP contribution in [0.15, 0.2) is 0 Å². The summed E-state index contributed by atoms with van der Waals surface area (Å²) in [6.07, 6.45) is 9.54. The van der Waals surface area contributed by atoms with Crippen LogP contribution in [0.1, 0.15) is 89.9 Å². The van der Waals surface area contributed by atoms with Crippen LogP contribution in [0.2, 0.25) is 0 Å². The quantitative estimate of drug-likeness (QED) is 0.161. The molecule has 4 aliphatic carbocycles. The summed E-state index contributed by atoms with van der Waals surface area (Å²) >= 11 is 2.04. The largest absolute Gasteiger partial charge is 0.481 e. The third kappa shape index (κ3) is 9.28. The standard InChI is InChI=1S/C28H46O10S/c29-19-2-1-17(15-35-34)18(13-19)16-36-38-22-6-10-24(11-7-22)39-23-8-4-21(5-9-23)37-28(33)26-14-20(30)3-12-25(26)27(31)32/h17-26,29-30,34H,1-16H2,(H,31,32). The topological polar surface area (TPSA) is 152 Å². The normalized spacial score (nSPS) is 39.7. The lowest BCUT2D eigenvalue weighted by Gasteiger charge is -2.35. The van der Waals surface area contributed by atoms with E-state index in [1.165, 1.54) is 0 Å². The summed E-state index contributed by atoms with van der Waals surface area (Å²) in [4.78, 5) is 39.9. The van der Waals surface area contributed by atoms with Crippen molar-refractivity contribution < 1.29 is 49.6 Å². The van der Waals surface area contributed by atoms with Crippen LogP contribution in [0, 0.1) is 23.7 Å². The van der Waals surface area contributed by atoms with Crippen LogP contribution in [0.3, 0.4) is 0 Å². The van der Waals surface area contributed by atoms with E-state index >= 15 is 0 Å². The molecule has 0 saturated heterocycles. The molecule has 0 radical (unpaired) electrons. The first-order chi connectivity index (χ1) is 18.8. The third-order valence-electron chi connectivity index (χ3n) is 9.24. The Hall–Kier alpha value is -0.950. The van der Waals surface area contributed by atoms with E-state index in [2.05, 4.69) is 4.89 Å². The minimum Gasteiger partial charge on any atom is -0.481 e. The molecule has 0 aliphatic heterocycles. The Labute approximate surface area is 235 Å². The Morgan fingerprint density at radius 1 is 0.692 bits per heavy atom. The smallest absolute Gasteiger partial charge is 0.310 e. The lowest BCUT2D eigenvalue weighted by molar-refractivity contribution is -0.339. The molecule has 0 spiro atoms. The lowest BCUT2D eigenvalue weighted by Crippen LogP contribution is -2.40. The van der Waals surface area contributed by atoms with Crippen LogP contribution < -0.4 is 0 Å². The fraction of sp³-hybridized carbons (Fsp3) is 0.929. The molecule has 0 aromatic carbocycles. The molecule has 0 aromatic heterocycles. The van der Waals surface area contributed by atoms with Crippen molar-refractivity contribution in [1.29, 1.82) is 0 Å². The predicted molar refractivity (Wildman–Crippen MR) is 143 cm³/mol. The fourth-order valence-electron chi connectivity index (χ4n) is 6.82. The van der Waals surface area contributed by atoms with Gasteiger partial charge in [0.25, 0.3) is 0 Å². The number of carbonyl (C=O) groups excluding carboxylic acids is 1. The van der Waals surface area contributed by atoms with Gasteiger partial charge >= 0.3 is 11.9 Å². The van der Waals surface area contributed by atoms with Crippen molar-refractivity contribution in [1.82, 2.24) is 0 Å². The maximum absolute atomic E-state index is 12.7. The van der Waals surface area contributed by atoms with Crippen molar-refractivity contribution in [2.24, 2.45) is 23.7 Å². The summed E-state index contributed by atoms with van der Waals surface area (Å²) in [5, 5.41) is 39.3. The van der Waals surface area contributed by atoms with Gasteiger partial charge in [-0.25, -0.2) is 14.7 Å². The van der Waals surface area contributed by atoms with E-state index in [-0.39, 0.29) is 43.2 Å². The molecule has 224 valence electrons. The first-order valence-corrected chi connectivity index (χ1v) is 15.8. The number of carbonyl (C=O) groups is 2. The zero-order chi connectivity index (χ0) is 27.8. The molecular formula is C28H46O10S. The number of carboxylic acid groups (broad SMARTS) is 1. The number of ether oxygens (including phenoxy) is 1. The van der Waals surface area contributed by atoms with E-state index in [1.54, 1.807) is 0 Å². The first-order valence-electron chi connectivity index (χ1n) is 14.8. The fourth-order valence-corrected chi connectivity index (χ4v) is 8.46. The molecule has 6 unspecified atom stereocenters. The van der Waals surface area contributed by atoms with Crippen LogP contribution in [-0.4, -0.2) is 80.6 Å². The zero-order valence-corrected chi connectivity index (χ0v) is 23.6. The summed E-state index contributed by atoms with van der Waals surface area (Å²) in [6, 6.07) is 0. The molecule has 4 N–H and O–H groups in total. The number of hydrogen-bond acceptors (Lipinski definition) is 10. The molecule has 6 atom stereocenters. The van der Waals surface area contributed by atoms with E-state index in [1.807, 2.05) is 11.8 Å². The molecule has 0 bridgehead atoms. The maximum Gasteiger partial charge on any atom is 0.310 e. The highest BCUT2D eigenvalue weighted by Gasteiger charge is 2.41. The highest BCUT2D eigenvalue weighted by atomic mass is 32.2. The molecule has 11 heteroatoms. The number of carboxylic acids is 1. The molecule has 0 heterocycles.